The van der Waals surface area contributed by atoms with E-state index in [1.165, 1.54) is 26.0 Å². The van der Waals surface area contributed by atoms with Crippen molar-refractivity contribution in [3.63, 3.8) is 0 Å². The number of aromatic nitrogens is 2. The van der Waals surface area contributed by atoms with Crippen LogP contribution < -0.4 is 4.74 Å². The fraction of sp³-hybridized carbons (Fsp3) is 0.154. The minimum Gasteiger partial charge on any atom is -0.489 e. The van der Waals surface area contributed by atoms with Crippen molar-refractivity contribution in [3.05, 3.63) is 95.6 Å². The molecular weight excluding hydrogens is 466 g/mol. The number of benzene rings is 3. The number of rotatable bonds is 10. The number of hydrogen-bond acceptors (Lipinski definition) is 9. The molecule has 0 aliphatic carbocycles. The molecule has 0 spiro atoms. The van der Waals surface area contributed by atoms with Gasteiger partial charge in [0, 0.05) is 16.9 Å². The third kappa shape index (κ3) is 6.27. The molecule has 0 unspecified atom stereocenters. The highest BCUT2D eigenvalue weighted by atomic mass is 32.2. The Hall–Kier alpha value is -4.11. The Labute approximate surface area is 206 Å². The molecule has 0 fully saturated rings. The van der Waals surface area contributed by atoms with Crippen LogP contribution in [0.5, 0.6) is 5.75 Å². The van der Waals surface area contributed by atoms with Gasteiger partial charge in [0.2, 0.25) is 5.89 Å². The first-order chi connectivity index (χ1) is 17.2. The third-order valence-corrected chi connectivity index (χ3v) is 5.81. The average molecular weight is 490 g/mol. The average Bonchev–Trinajstić information content (AvgIpc) is 3.39. The number of thioether (sulfide) groups is 1. The minimum atomic E-state index is -0.583. The SMILES string of the molecule is CO/N=C(/C(=O)OC)c1ccccc1CSc1nnc(-c2ccc(OCc3ccccc3)cc2)o1. The molecule has 4 aromatic rings. The largest absolute Gasteiger partial charge is 0.489 e. The number of methoxy groups -OCH3 is 1. The van der Waals surface area contributed by atoms with E-state index in [1.54, 1.807) is 6.07 Å². The Morgan fingerprint density at radius 2 is 1.69 bits per heavy atom. The zero-order chi connectivity index (χ0) is 24.5. The molecule has 0 bridgehead atoms. The van der Waals surface area contributed by atoms with E-state index in [0.717, 1.165) is 22.4 Å². The van der Waals surface area contributed by atoms with Crippen molar-refractivity contribution < 1.29 is 23.5 Å². The lowest BCUT2D eigenvalue weighted by Gasteiger charge is -2.09. The van der Waals surface area contributed by atoms with E-state index in [4.69, 9.17) is 18.7 Å². The lowest BCUT2D eigenvalue weighted by atomic mass is 10.0. The van der Waals surface area contributed by atoms with Crippen LogP contribution in [0.3, 0.4) is 0 Å². The van der Waals surface area contributed by atoms with Gasteiger partial charge < -0.3 is 18.7 Å². The van der Waals surface area contributed by atoms with Crippen LogP contribution >= 0.6 is 11.8 Å². The number of hydrogen-bond donors (Lipinski definition) is 0. The summed E-state index contributed by atoms with van der Waals surface area (Å²) in [5, 5.41) is 12.5. The Morgan fingerprint density at radius 1 is 0.943 bits per heavy atom. The molecule has 0 aliphatic rings. The van der Waals surface area contributed by atoms with Gasteiger partial charge in [-0.2, -0.15) is 0 Å². The second-order valence-electron chi connectivity index (χ2n) is 7.23. The minimum absolute atomic E-state index is 0.0898. The second-order valence-corrected chi connectivity index (χ2v) is 8.16. The zero-order valence-electron chi connectivity index (χ0n) is 19.2. The monoisotopic (exact) mass is 489 g/mol. The van der Waals surface area contributed by atoms with Crippen LogP contribution in [0, 0.1) is 0 Å². The number of esters is 1. The lowest BCUT2D eigenvalue weighted by molar-refractivity contribution is -0.132. The molecule has 35 heavy (non-hydrogen) atoms. The first-order valence-corrected chi connectivity index (χ1v) is 11.7. The summed E-state index contributed by atoms with van der Waals surface area (Å²) in [6, 6.07) is 24.8. The molecule has 0 saturated carbocycles. The number of ether oxygens (including phenoxy) is 2. The van der Waals surface area contributed by atoms with Gasteiger partial charge in [0.25, 0.3) is 5.22 Å². The van der Waals surface area contributed by atoms with Crippen molar-refractivity contribution >= 4 is 23.4 Å². The van der Waals surface area contributed by atoms with E-state index in [1.807, 2.05) is 72.8 Å². The van der Waals surface area contributed by atoms with Crippen molar-refractivity contribution in [2.75, 3.05) is 14.2 Å². The van der Waals surface area contributed by atoms with Gasteiger partial charge in [-0.15, -0.1) is 10.2 Å². The van der Waals surface area contributed by atoms with Crippen molar-refractivity contribution in [1.29, 1.82) is 0 Å². The summed E-state index contributed by atoms with van der Waals surface area (Å²) in [6.45, 7) is 0.496. The van der Waals surface area contributed by atoms with Crippen LogP contribution in [-0.2, 0) is 26.7 Å². The molecule has 3 aromatic carbocycles. The van der Waals surface area contributed by atoms with Gasteiger partial charge in [-0.1, -0.05) is 71.5 Å². The molecule has 4 rings (SSSR count). The predicted octanol–water partition coefficient (Wildman–Crippen LogP) is 5.13. The Balaban J connectivity index is 1.40. The molecule has 1 aromatic heterocycles. The van der Waals surface area contributed by atoms with Crippen LogP contribution in [0.25, 0.3) is 11.5 Å². The summed E-state index contributed by atoms with van der Waals surface area (Å²) < 4.78 is 16.5. The van der Waals surface area contributed by atoms with Crippen molar-refractivity contribution in [2.45, 2.75) is 17.6 Å². The summed E-state index contributed by atoms with van der Waals surface area (Å²) in [5.41, 5.74) is 3.44. The summed E-state index contributed by atoms with van der Waals surface area (Å²) in [7, 11) is 2.68. The first-order valence-electron chi connectivity index (χ1n) is 10.7. The number of carbonyl (C=O) groups is 1. The van der Waals surface area contributed by atoms with Gasteiger partial charge >= 0.3 is 5.97 Å². The van der Waals surface area contributed by atoms with E-state index in [-0.39, 0.29) is 5.71 Å². The topological polar surface area (TPSA) is 96.0 Å². The molecule has 9 heteroatoms. The quantitative estimate of drug-likeness (QED) is 0.131. The predicted molar refractivity (Wildman–Crippen MR) is 132 cm³/mol. The Kier molecular flexibility index (Phi) is 8.13. The number of nitrogens with zero attached hydrogens (tertiary/aromatic N) is 3. The highest BCUT2D eigenvalue weighted by Gasteiger charge is 2.19. The Bertz CT molecular complexity index is 1290. The summed E-state index contributed by atoms with van der Waals surface area (Å²) in [5.74, 6) is 1.05. The molecule has 0 amide bonds. The molecular formula is C26H23N3O5S. The molecule has 8 nitrogen and oxygen atoms in total. The molecule has 178 valence electrons. The standard InChI is InChI=1S/C26H23N3O5S/c1-31-25(30)23(29-32-2)22-11-7-6-10-20(22)17-35-26-28-27-24(34-26)19-12-14-21(15-13-19)33-16-18-8-4-3-5-9-18/h3-15H,16-17H2,1-2H3/b29-23+. The molecule has 0 atom stereocenters. The highest BCUT2D eigenvalue weighted by molar-refractivity contribution is 7.98. The molecule has 0 radical (unpaired) electrons. The summed E-state index contributed by atoms with van der Waals surface area (Å²) in [4.78, 5) is 17.0. The van der Waals surface area contributed by atoms with Crippen molar-refractivity contribution in [2.24, 2.45) is 5.16 Å². The maximum Gasteiger partial charge on any atom is 0.360 e. The van der Waals surface area contributed by atoms with E-state index < -0.39 is 5.97 Å². The smallest absolute Gasteiger partial charge is 0.360 e. The van der Waals surface area contributed by atoms with Crippen molar-refractivity contribution in [1.82, 2.24) is 10.2 Å². The molecule has 0 saturated heterocycles. The molecule has 0 N–H and O–H groups in total. The van der Waals surface area contributed by atoms with Crippen LogP contribution in [0.15, 0.2) is 93.7 Å². The van der Waals surface area contributed by atoms with Gasteiger partial charge in [0.05, 0.1) is 7.11 Å². The van der Waals surface area contributed by atoms with Gasteiger partial charge in [-0.25, -0.2) is 4.79 Å². The maximum absolute atomic E-state index is 12.1. The van der Waals surface area contributed by atoms with Crippen LogP contribution in [0.2, 0.25) is 0 Å². The van der Waals surface area contributed by atoms with Crippen LogP contribution in [0.4, 0.5) is 0 Å². The zero-order valence-corrected chi connectivity index (χ0v) is 20.0. The normalized spacial score (nSPS) is 11.2. The highest BCUT2D eigenvalue weighted by Crippen LogP contribution is 2.28. The van der Waals surface area contributed by atoms with Crippen molar-refractivity contribution in [3.8, 4) is 17.2 Å². The Morgan fingerprint density at radius 3 is 2.43 bits per heavy atom. The van der Waals surface area contributed by atoms with E-state index >= 15 is 0 Å². The second kappa shape index (κ2) is 11.8. The van der Waals surface area contributed by atoms with E-state index in [2.05, 4.69) is 15.4 Å². The maximum atomic E-state index is 12.1. The molecule has 1 heterocycles. The van der Waals surface area contributed by atoms with E-state index in [0.29, 0.717) is 29.0 Å². The van der Waals surface area contributed by atoms with Gasteiger partial charge in [-0.05, 0) is 35.4 Å². The lowest BCUT2D eigenvalue weighted by Crippen LogP contribution is -2.19. The van der Waals surface area contributed by atoms with Gasteiger partial charge in [0.15, 0.2) is 5.71 Å². The summed E-state index contributed by atoms with van der Waals surface area (Å²) in [6.07, 6.45) is 0. The number of oxime groups is 1. The van der Waals surface area contributed by atoms with Crippen LogP contribution in [0.1, 0.15) is 16.7 Å². The third-order valence-electron chi connectivity index (χ3n) is 4.94. The van der Waals surface area contributed by atoms with Crippen LogP contribution in [-0.4, -0.2) is 36.1 Å². The number of carbonyl (C=O) groups excluding carboxylic acids is 1. The summed E-state index contributed by atoms with van der Waals surface area (Å²) >= 11 is 1.35. The fourth-order valence-electron chi connectivity index (χ4n) is 3.22. The van der Waals surface area contributed by atoms with Gasteiger partial charge in [-0.3, -0.25) is 0 Å². The fourth-order valence-corrected chi connectivity index (χ4v) is 3.99. The van der Waals surface area contributed by atoms with Gasteiger partial charge in [0.1, 0.15) is 19.5 Å². The first kappa shape index (κ1) is 24.0. The van der Waals surface area contributed by atoms with E-state index in [9.17, 15) is 4.79 Å². The molecule has 0 aliphatic heterocycles.